The number of urea groups is 1. The Morgan fingerprint density at radius 3 is 2.58 bits per heavy atom. The van der Waals surface area contributed by atoms with E-state index in [0.29, 0.717) is 44.4 Å². The van der Waals surface area contributed by atoms with Crippen molar-refractivity contribution >= 4 is 35.3 Å². The van der Waals surface area contributed by atoms with Crippen LogP contribution in [0.15, 0.2) is 54.7 Å². The summed E-state index contributed by atoms with van der Waals surface area (Å²) in [4.78, 5) is 45.1. The maximum atomic E-state index is 12.8. The number of nitrogens with one attached hydrogen (secondary N) is 2. The van der Waals surface area contributed by atoms with Gasteiger partial charge in [0.2, 0.25) is 0 Å². The number of piperidine rings is 1. The second kappa shape index (κ2) is 13.2. The fourth-order valence-electron chi connectivity index (χ4n) is 5.27. The first kappa shape index (κ1) is 30.0. The van der Waals surface area contributed by atoms with E-state index in [-0.39, 0.29) is 40.4 Å². The van der Waals surface area contributed by atoms with Crippen LogP contribution in [0.2, 0.25) is 5.02 Å². The van der Waals surface area contributed by atoms with E-state index < -0.39 is 11.9 Å². The van der Waals surface area contributed by atoms with Crippen LogP contribution in [-0.4, -0.2) is 90.0 Å². The van der Waals surface area contributed by atoms with Crippen LogP contribution in [0.4, 0.5) is 10.6 Å². The average molecular weight is 608 g/mol. The van der Waals surface area contributed by atoms with E-state index in [2.05, 4.69) is 42.4 Å². The molecule has 3 aromatic rings. The van der Waals surface area contributed by atoms with Crippen molar-refractivity contribution in [1.29, 1.82) is 0 Å². The van der Waals surface area contributed by atoms with Crippen molar-refractivity contribution in [2.24, 2.45) is 0 Å². The predicted molar refractivity (Wildman–Crippen MR) is 160 cm³/mol. The number of benzene rings is 1. The number of amides is 3. The molecule has 13 heteroatoms. The largest absolute Gasteiger partial charge is 0.491 e. The summed E-state index contributed by atoms with van der Waals surface area (Å²) in [6, 6.07) is 14.8. The summed E-state index contributed by atoms with van der Waals surface area (Å²) < 4.78 is 10.5. The number of halogens is 1. The summed E-state index contributed by atoms with van der Waals surface area (Å²) >= 11 is 6.36. The molecule has 4 heterocycles. The number of carbonyl (C=O) groups is 3. The number of esters is 1. The number of ether oxygens (including phenoxy) is 2. The number of methoxy groups -OCH3 is 1. The Labute approximate surface area is 254 Å². The zero-order valence-corrected chi connectivity index (χ0v) is 24.8. The summed E-state index contributed by atoms with van der Waals surface area (Å²) in [5.74, 6) is 0.377. The molecule has 43 heavy (non-hydrogen) atoms. The second-order valence-electron chi connectivity index (χ2n) is 10.8. The van der Waals surface area contributed by atoms with Gasteiger partial charge in [-0.25, -0.2) is 14.6 Å². The molecule has 2 aliphatic rings. The molecule has 0 radical (unpaired) electrons. The molecule has 12 nitrogen and oxygen atoms in total. The lowest BCUT2D eigenvalue weighted by atomic mass is 9.88. The Kier molecular flexibility index (Phi) is 9.24. The first-order chi connectivity index (χ1) is 20.8. The quantitative estimate of drug-likeness (QED) is 0.332. The lowest BCUT2D eigenvalue weighted by Gasteiger charge is -2.39. The molecular formula is C30H34ClN7O5. The van der Waals surface area contributed by atoms with Gasteiger partial charge in [0, 0.05) is 44.7 Å². The van der Waals surface area contributed by atoms with E-state index in [1.54, 1.807) is 23.1 Å². The van der Waals surface area contributed by atoms with Crippen molar-refractivity contribution in [2.45, 2.75) is 31.2 Å². The Balaban J connectivity index is 1.07. The van der Waals surface area contributed by atoms with Crippen molar-refractivity contribution in [3.8, 4) is 5.75 Å². The molecule has 2 aliphatic heterocycles. The van der Waals surface area contributed by atoms with Crippen molar-refractivity contribution < 1.29 is 23.9 Å². The molecule has 5 rings (SSSR count). The first-order valence-corrected chi connectivity index (χ1v) is 14.5. The summed E-state index contributed by atoms with van der Waals surface area (Å²) in [6.45, 7) is 5.00. The molecule has 1 aromatic carbocycles. The minimum Gasteiger partial charge on any atom is -0.491 e. The van der Waals surface area contributed by atoms with E-state index in [4.69, 9.17) is 16.3 Å². The third-order valence-corrected chi connectivity index (χ3v) is 8.10. The lowest BCUT2D eigenvalue weighted by Crippen LogP contribution is -2.52. The predicted octanol–water partition coefficient (Wildman–Crippen LogP) is 3.29. The summed E-state index contributed by atoms with van der Waals surface area (Å²) in [6.07, 6.45) is 2.93. The van der Waals surface area contributed by atoms with Crippen LogP contribution in [0.5, 0.6) is 5.75 Å². The van der Waals surface area contributed by atoms with E-state index in [0.717, 1.165) is 12.8 Å². The van der Waals surface area contributed by atoms with Gasteiger partial charge in [-0.05, 0) is 30.5 Å². The molecule has 0 unspecified atom stereocenters. The van der Waals surface area contributed by atoms with Crippen molar-refractivity contribution in [1.82, 2.24) is 30.7 Å². The maximum Gasteiger partial charge on any atom is 0.358 e. The van der Waals surface area contributed by atoms with Crippen LogP contribution in [0.1, 0.15) is 52.2 Å². The SMILES string of the molecule is COC(=O)c1ccc(N2CCC3(CC2)CN(CCNC(=O)c2ncc(OC[C@@H](C)c4ccccc4)cc2Cl)C(=O)N3)nn1. The second-order valence-corrected chi connectivity index (χ2v) is 11.2. The zero-order chi connectivity index (χ0) is 30.4. The van der Waals surface area contributed by atoms with Gasteiger partial charge in [-0.1, -0.05) is 48.9 Å². The third kappa shape index (κ3) is 7.14. The Morgan fingerprint density at radius 1 is 1.14 bits per heavy atom. The van der Waals surface area contributed by atoms with E-state index >= 15 is 0 Å². The summed E-state index contributed by atoms with van der Waals surface area (Å²) in [7, 11) is 1.30. The standard InChI is InChI=1S/C30H34ClN7O5/c1-20(21-6-4-3-5-7-21)18-43-22-16-23(31)26(33-17-22)27(39)32-12-15-38-19-30(34-29(38)41)10-13-37(14-11-30)25-9-8-24(35-36-25)28(40)42-2/h3-9,16-17,20H,10-15,18-19H2,1-2H3,(H,32,39)(H,34,41)/t20-/m1/s1. The van der Waals surface area contributed by atoms with Crippen LogP contribution < -0.4 is 20.3 Å². The van der Waals surface area contributed by atoms with E-state index in [1.165, 1.54) is 18.9 Å². The van der Waals surface area contributed by atoms with Crippen LogP contribution in [0.3, 0.4) is 0 Å². The number of aromatic nitrogens is 3. The van der Waals surface area contributed by atoms with Gasteiger partial charge in [0.05, 0.1) is 30.5 Å². The lowest BCUT2D eigenvalue weighted by molar-refractivity contribution is 0.0592. The van der Waals surface area contributed by atoms with Gasteiger partial charge >= 0.3 is 12.0 Å². The summed E-state index contributed by atoms with van der Waals surface area (Å²) in [5, 5.41) is 14.2. The van der Waals surface area contributed by atoms with E-state index in [1.807, 2.05) is 30.3 Å². The number of anilines is 1. The number of carbonyl (C=O) groups excluding carboxylic acids is 3. The first-order valence-electron chi connectivity index (χ1n) is 14.1. The zero-order valence-electron chi connectivity index (χ0n) is 24.1. The van der Waals surface area contributed by atoms with Crippen molar-refractivity contribution in [3.05, 3.63) is 76.7 Å². The Morgan fingerprint density at radius 2 is 1.91 bits per heavy atom. The molecule has 3 amide bonds. The molecule has 0 bridgehead atoms. The maximum absolute atomic E-state index is 12.8. The van der Waals surface area contributed by atoms with Gasteiger partial charge in [0.15, 0.2) is 11.5 Å². The topological polar surface area (TPSA) is 139 Å². The van der Waals surface area contributed by atoms with Crippen LogP contribution in [-0.2, 0) is 4.74 Å². The van der Waals surface area contributed by atoms with Crippen LogP contribution in [0, 0.1) is 0 Å². The fraction of sp³-hybridized carbons (Fsp3) is 0.400. The number of pyridine rings is 1. The van der Waals surface area contributed by atoms with Gasteiger partial charge in [-0.15, -0.1) is 10.2 Å². The van der Waals surface area contributed by atoms with Crippen LogP contribution >= 0.6 is 11.6 Å². The van der Waals surface area contributed by atoms with Gasteiger partial charge in [-0.3, -0.25) is 4.79 Å². The molecular weight excluding hydrogens is 574 g/mol. The van der Waals surface area contributed by atoms with Gasteiger partial charge in [-0.2, -0.15) is 0 Å². The molecule has 2 fully saturated rings. The molecule has 226 valence electrons. The van der Waals surface area contributed by atoms with Crippen molar-refractivity contribution in [2.75, 3.05) is 51.3 Å². The highest BCUT2D eigenvalue weighted by molar-refractivity contribution is 6.33. The number of hydrogen-bond donors (Lipinski definition) is 2. The Hall–Kier alpha value is -4.45. The van der Waals surface area contributed by atoms with Gasteiger partial charge in [0.1, 0.15) is 11.4 Å². The molecule has 2 N–H and O–H groups in total. The average Bonchev–Trinajstić information content (AvgIpc) is 3.33. The number of nitrogens with zero attached hydrogens (tertiary/aromatic N) is 5. The highest BCUT2D eigenvalue weighted by atomic mass is 35.5. The molecule has 1 spiro atoms. The third-order valence-electron chi connectivity index (χ3n) is 7.81. The highest BCUT2D eigenvalue weighted by Crippen LogP contribution is 2.30. The van der Waals surface area contributed by atoms with Gasteiger partial charge in [0.25, 0.3) is 5.91 Å². The minimum atomic E-state index is -0.534. The smallest absolute Gasteiger partial charge is 0.358 e. The normalized spacial score (nSPS) is 16.5. The van der Waals surface area contributed by atoms with Crippen molar-refractivity contribution in [3.63, 3.8) is 0 Å². The fourth-order valence-corrected chi connectivity index (χ4v) is 5.51. The van der Waals surface area contributed by atoms with Gasteiger partial charge < -0.3 is 29.9 Å². The molecule has 0 aliphatic carbocycles. The van der Waals surface area contributed by atoms with Crippen LogP contribution in [0.25, 0.3) is 0 Å². The monoisotopic (exact) mass is 607 g/mol. The summed E-state index contributed by atoms with van der Waals surface area (Å²) in [5.41, 5.74) is 1.07. The minimum absolute atomic E-state index is 0.0996. The molecule has 2 saturated heterocycles. The number of rotatable bonds is 10. The molecule has 2 aromatic heterocycles. The number of hydrogen-bond acceptors (Lipinski definition) is 9. The molecule has 0 saturated carbocycles. The Bertz CT molecular complexity index is 1450. The highest BCUT2D eigenvalue weighted by Gasteiger charge is 2.44. The van der Waals surface area contributed by atoms with E-state index in [9.17, 15) is 14.4 Å². The molecule has 1 atom stereocenters.